The summed E-state index contributed by atoms with van der Waals surface area (Å²) >= 11 is 0. The monoisotopic (exact) mass is 194 g/mol. The molecule has 0 radical (unpaired) electrons. The number of nitrogens with one attached hydrogen (secondary N) is 1. The fourth-order valence-electron chi connectivity index (χ4n) is 0.366. The molecule has 0 saturated carbocycles. The largest absolute Gasteiger partial charge is 0.716 e. The highest BCUT2D eigenvalue weighted by atomic mass is 31.1. The molecule has 0 fully saturated rings. The van der Waals surface area contributed by atoms with Gasteiger partial charge in [-0.2, -0.15) is 0 Å². The lowest BCUT2D eigenvalue weighted by molar-refractivity contribution is 0.0995. The van der Waals surface area contributed by atoms with Crippen LogP contribution in [-0.4, -0.2) is 12.1 Å². The summed E-state index contributed by atoms with van der Waals surface area (Å²) < 4.78 is 20.4. The van der Waals surface area contributed by atoms with Gasteiger partial charge < -0.3 is 0 Å². The molecule has 4 nitrogen and oxygen atoms in total. The van der Waals surface area contributed by atoms with Crippen LogP contribution in [0.5, 0.6) is 0 Å². The lowest BCUT2D eigenvalue weighted by atomic mass is 10.1. The van der Waals surface area contributed by atoms with Crippen molar-refractivity contribution in [3.05, 3.63) is 0 Å². The topological polar surface area (TPSA) is 47.6 Å². The number of rotatable bonds is 5. The minimum Gasteiger partial charge on any atom is -0.144 e. The minimum absolute atomic E-state index is 0.208. The molecule has 12 heavy (non-hydrogen) atoms. The van der Waals surface area contributed by atoms with Gasteiger partial charge in [0.05, 0.1) is 0 Å². The Labute approximate surface area is 74.5 Å². The van der Waals surface area contributed by atoms with Crippen molar-refractivity contribution in [2.75, 3.05) is 6.61 Å². The average molecular weight is 194 g/mol. The molecule has 5 heteroatoms. The van der Waals surface area contributed by atoms with Crippen LogP contribution in [0, 0.1) is 0 Å². The van der Waals surface area contributed by atoms with E-state index in [-0.39, 0.29) is 5.54 Å². The second kappa shape index (κ2) is 5.60. The SMILES string of the molecule is CCCO[P+](=O)ONC(C)(C)C. The van der Waals surface area contributed by atoms with Crippen LogP contribution >= 0.6 is 8.25 Å². The van der Waals surface area contributed by atoms with E-state index in [1.807, 2.05) is 27.7 Å². The average Bonchev–Trinajstić information content (AvgIpc) is 1.95. The minimum atomic E-state index is -2.01. The Morgan fingerprint density at radius 3 is 2.42 bits per heavy atom. The summed E-state index contributed by atoms with van der Waals surface area (Å²) in [6, 6.07) is 0. The van der Waals surface area contributed by atoms with Gasteiger partial charge in [0.2, 0.25) is 0 Å². The van der Waals surface area contributed by atoms with E-state index < -0.39 is 8.25 Å². The van der Waals surface area contributed by atoms with E-state index in [1.165, 1.54) is 0 Å². The van der Waals surface area contributed by atoms with Gasteiger partial charge in [-0.25, -0.2) is 0 Å². The predicted octanol–water partition coefficient (Wildman–Crippen LogP) is 2.39. The van der Waals surface area contributed by atoms with Crippen molar-refractivity contribution in [2.45, 2.75) is 39.7 Å². The van der Waals surface area contributed by atoms with Gasteiger partial charge in [0.25, 0.3) is 0 Å². The van der Waals surface area contributed by atoms with Gasteiger partial charge in [-0.05, 0) is 31.8 Å². The molecule has 72 valence electrons. The molecule has 0 rings (SSSR count). The van der Waals surface area contributed by atoms with Gasteiger partial charge >= 0.3 is 8.25 Å². The van der Waals surface area contributed by atoms with Crippen LogP contribution in [0.1, 0.15) is 34.1 Å². The molecule has 1 N–H and O–H groups in total. The molecule has 0 aromatic heterocycles. The van der Waals surface area contributed by atoms with Crippen molar-refractivity contribution < 1.29 is 13.7 Å². The summed E-state index contributed by atoms with van der Waals surface area (Å²) in [4.78, 5) is 0. The molecule has 0 aliphatic rings. The standard InChI is InChI=1S/C7H17NO3P/c1-5-6-10-12(9)11-8-7(2,3)4/h8H,5-6H2,1-4H3/q+1. The van der Waals surface area contributed by atoms with E-state index in [2.05, 4.69) is 5.48 Å². The second-order valence-corrected chi connectivity index (χ2v) is 4.39. The van der Waals surface area contributed by atoms with E-state index >= 15 is 0 Å². The highest BCUT2D eigenvalue weighted by molar-refractivity contribution is 7.33. The van der Waals surface area contributed by atoms with Crippen LogP contribution in [-0.2, 0) is 13.7 Å². The highest BCUT2D eigenvalue weighted by Crippen LogP contribution is 2.22. The van der Waals surface area contributed by atoms with Crippen molar-refractivity contribution in [3.8, 4) is 0 Å². The maximum atomic E-state index is 10.9. The zero-order chi connectivity index (χ0) is 9.61. The molecule has 1 unspecified atom stereocenters. The molecule has 0 spiro atoms. The summed E-state index contributed by atoms with van der Waals surface area (Å²) in [7, 11) is -2.01. The van der Waals surface area contributed by atoms with Crippen molar-refractivity contribution >= 4 is 8.25 Å². The molecule has 0 amide bonds. The van der Waals surface area contributed by atoms with Gasteiger partial charge in [0, 0.05) is 10.1 Å². The zero-order valence-electron chi connectivity index (χ0n) is 8.09. The molecule has 1 atom stereocenters. The number of hydrogen-bond acceptors (Lipinski definition) is 4. The molecule has 0 saturated heterocycles. The third-order valence-electron chi connectivity index (χ3n) is 0.827. The van der Waals surface area contributed by atoms with Crippen LogP contribution < -0.4 is 5.48 Å². The molecule has 0 aliphatic heterocycles. The third-order valence-corrected chi connectivity index (χ3v) is 1.46. The summed E-state index contributed by atoms with van der Waals surface area (Å²) in [6.45, 7) is 8.14. The molecule has 0 aromatic carbocycles. The Balaban J connectivity index is 3.44. The zero-order valence-corrected chi connectivity index (χ0v) is 8.98. The van der Waals surface area contributed by atoms with Crippen molar-refractivity contribution in [3.63, 3.8) is 0 Å². The molecule has 0 heterocycles. The van der Waals surface area contributed by atoms with E-state index in [9.17, 15) is 4.57 Å². The van der Waals surface area contributed by atoms with Crippen LogP contribution in [0.25, 0.3) is 0 Å². The van der Waals surface area contributed by atoms with E-state index in [4.69, 9.17) is 9.15 Å². The third kappa shape index (κ3) is 8.08. The normalized spacial score (nSPS) is 13.2. The highest BCUT2D eigenvalue weighted by Gasteiger charge is 2.23. The van der Waals surface area contributed by atoms with Crippen LogP contribution in [0.2, 0.25) is 0 Å². The first kappa shape index (κ1) is 12.0. The summed E-state index contributed by atoms with van der Waals surface area (Å²) in [6.07, 6.45) is 0.833. The molecule has 0 bridgehead atoms. The summed E-state index contributed by atoms with van der Waals surface area (Å²) in [5, 5.41) is 0. The molecular formula is C7H17NO3P+. The fourth-order valence-corrected chi connectivity index (χ4v) is 1.10. The molecule has 0 aromatic rings. The maximum absolute atomic E-state index is 10.9. The first-order valence-electron chi connectivity index (χ1n) is 4.00. The number of hydrogen-bond donors (Lipinski definition) is 1. The molecular weight excluding hydrogens is 177 g/mol. The first-order chi connectivity index (χ1) is 5.45. The quantitative estimate of drug-likeness (QED) is 0.539. The van der Waals surface area contributed by atoms with Gasteiger partial charge in [-0.3, -0.25) is 0 Å². The van der Waals surface area contributed by atoms with Crippen LogP contribution in [0.3, 0.4) is 0 Å². The van der Waals surface area contributed by atoms with Crippen molar-refractivity contribution in [1.82, 2.24) is 5.48 Å². The van der Waals surface area contributed by atoms with E-state index in [0.29, 0.717) is 6.61 Å². The smallest absolute Gasteiger partial charge is 0.144 e. The lowest BCUT2D eigenvalue weighted by Crippen LogP contribution is -2.34. The first-order valence-corrected chi connectivity index (χ1v) is 5.09. The van der Waals surface area contributed by atoms with Crippen LogP contribution in [0.15, 0.2) is 0 Å². The Morgan fingerprint density at radius 1 is 1.42 bits per heavy atom. The van der Waals surface area contributed by atoms with Gasteiger partial charge in [0.1, 0.15) is 6.61 Å². The Kier molecular flexibility index (Phi) is 5.59. The Morgan fingerprint density at radius 2 is 2.00 bits per heavy atom. The van der Waals surface area contributed by atoms with Gasteiger partial charge in [-0.15, -0.1) is 10.0 Å². The predicted molar refractivity (Wildman–Crippen MR) is 47.8 cm³/mol. The fraction of sp³-hybridized carbons (Fsp3) is 1.00. The molecule has 0 aliphatic carbocycles. The second-order valence-electron chi connectivity index (χ2n) is 3.50. The van der Waals surface area contributed by atoms with Crippen molar-refractivity contribution in [1.29, 1.82) is 0 Å². The number of hydroxylamine groups is 1. The maximum Gasteiger partial charge on any atom is 0.716 e. The lowest BCUT2D eigenvalue weighted by Gasteiger charge is -2.13. The van der Waals surface area contributed by atoms with Crippen LogP contribution in [0.4, 0.5) is 0 Å². The Hall–Kier alpha value is -0.0200. The van der Waals surface area contributed by atoms with E-state index in [0.717, 1.165) is 6.42 Å². The van der Waals surface area contributed by atoms with Crippen molar-refractivity contribution in [2.24, 2.45) is 0 Å². The van der Waals surface area contributed by atoms with Gasteiger partial charge in [0.15, 0.2) is 0 Å². The summed E-state index contributed by atoms with van der Waals surface area (Å²) in [5.74, 6) is 0. The van der Waals surface area contributed by atoms with Gasteiger partial charge in [-0.1, -0.05) is 6.92 Å². The summed E-state index contributed by atoms with van der Waals surface area (Å²) in [5.41, 5.74) is 2.41. The Bertz CT molecular complexity index is 144. The van der Waals surface area contributed by atoms with E-state index in [1.54, 1.807) is 0 Å².